The maximum Gasteiger partial charge on any atom is 0.330 e. The number of nitrogen functional groups attached to an aromatic ring is 1. The number of carboxylic acids is 1. The Morgan fingerprint density at radius 2 is 1.68 bits per heavy atom. The molecule has 0 spiro atoms. The first-order valence-electron chi connectivity index (χ1n) is 10.0. The summed E-state index contributed by atoms with van der Waals surface area (Å²) < 4.78 is 17.1. The molecule has 9 nitrogen and oxygen atoms in total. The molecule has 0 radical (unpaired) electrons. The van der Waals surface area contributed by atoms with E-state index in [-0.39, 0.29) is 19.0 Å². The van der Waals surface area contributed by atoms with Gasteiger partial charge >= 0.3 is 5.97 Å². The molecule has 0 bridgehead atoms. The van der Waals surface area contributed by atoms with Crippen LogP contribution in [-0.4, -0.2) is 48.4 Å². The van der Waals surface area contributed by atoms with E-state index in [4.69, 9.17) is 30.5 Å². The number of rotatable bonds is 13. The number of benzene rings is 2. The summed E-state index contributed by atoms with van der Waals surface area (Å²) in [6, 6.07) is 8.62. The van der Waals surface area contributed by atoms with Crippen molar-refractivity contribution in [2.75, 3.05) is 31.7 Å². The second-order valence-corrected chi connectivity index (χ2v) is 6.54. The number of aliphatic carboxylic acids is 1. The number of carbonyl (C=O) groups is 1. The van der Waals surface area contributed by atoms with Gasteiger partial charge in [-0.15, -0.1) is 0 Å². The first kappa shape index (κ1) is 23.8. The van der Waals surface area contributed by atoms with E-state index in [1.54, 1.807) is 36.4 Å². The molecule has 9 heteroatoms. The Morgan fingerprint density at radius 3 is 2.19 bits per heavy atom. The van der Waals surface area contributed by atoms with E-state index in [0.717, 1.165) is 0 Å². The molecule has 31 heavy (non-hydrogen) atoms. The zero-order valence-corrected chi connectivity index (χ0v) is 17.7. The molecule has 0 heterocycles. The molecule has 6 N–H and O–H groups in total. The Bertz CT molecular complexity index is 886. The van der Waals surface area contributed by atoms with E-state index in [2.05, 4.69) is 5.32 Å². The Balaban J connectivity index is 2.47. The van der Waals surface area contributed by atoms with Crippen LogP contribution in [-0.2, 0) is 4.79 Å². The summed E-state index contributed by atoms with van der Waals surface area (Å²) >= 11 is 0. The van der Waals surface area contributed by atoms with Gasteiger partial charge in [0.05, 0.1) is 19.8 Å². The monoisotopic (exact) mass is 431 g/mol. The fourth-order valence-electron chi connectivity index (χ4n) is 2.88. The van der Waals surface area contributed by atoms with Crippen molar-refractivity contribution in [2.45, 2.75) is 26.3 Å². The second kappa shape index (κ2) is 11.7. The molecule has 2 rings (SSSR count). The summed E-state index contributed by atoms with van der Waals surface area (Å²) in [4.78, 5) is 12.2. The molecule has 0 amide bonds. The van der Waals surface area contributed by atoms with E-state index in [1.807, 2.05) is 13.8 Å². The van der Waals surface area contributed by atoms with E-state index >= 15 is 0 Å². The van der Waals surface area contributed by atoms with Crippen molar-refractivity contribution in [3.63, 3.8) is 0 Å². The maximum atomic E-state index is 12.2. The number of nitrogens with two attached hydrogens (primary N) is 1. The van der Waals surface area contributed by atoms with Crippen LogP contribution in [0.3, 0.4) is 0 Å². The van der Waals surface area contributed by atoms with Crippen molar-refractivity contribution in [3.8, 4) is 17.2 Å². The van der Waals surface area contributed by atoms with E-state index in [9.17, 15) is 9.90 Å². The predicted molar refractivity (Wildman–Crippen MR) is 117 cm³/mol. The molecule has 0 saturated carbocycles. The minimum absolute atomic E-state index is 0.0478. The highest BCUT2D eigenvalue weighted by molar-refractivity contribution is 5.95. The summed E-state index contributed by atoms with van der Waals surface area (Å²) in [6.45, 7) is 4.60. The predicted octanol–water partition coefficient (Wildman–Crippen LogP) is 2.77. The van der Waals surface area contributed by atoms with Crippen LogP contribution >= 0.6 is 0 Å². The number of nitrogens with one attached hydrogen (secondary N) is 2. The molecule has 2 aromatic carbocycles. The standard InChI is InChI=1S/C22H29N3O6/c1-3-29-18-12-16(17(31-11-5-10-26)13-19(18)30-4-2)20(22(27)28)25-15-8-6-14(7-9-15)21(23)24/h6-9,12-13,20,25-26H,3-5,10-11H2,1-2H3,(H3,23,24)(H,27,28). The van der Waals surface area contributed by atoms with Gasteiger partial charge in [-0.1, -0.05) is 0 Å². The zero-order chi connectivity index (χ0) is 22.8. The second-order valence-electron chi connectivity index (χ2n) is 6.54. The minimum atomic E-state index is -1.15. The van der Waals surface area contributed by atoms with Crippen molar-refractivity contribution >= 4 is 17.5 Å². The number of amidine groups is 1. The van der Waals surface area contributed by atoms with E-state index < -0.39 is 12.0 Å². The summed E-state index contributed by atoms with van der Waals surface area (Å²) in [5.74, 6) is -0.0143. The van der Waals surface area contributed by atoms with Gasteiger partial charge in [0, 0.05) is 35.9 Å². The van der Waals surface area contributed by atoms with Crippen LogP contribution in [0.5, 0.6) is 17.2 Å². The Morgan fingerprint density at radius 1 is 1.06 bits per heavy atom. The molecule has 0 aromatic heterocycles. The maximum absolute atomic E-state index is 12.2. The van der Waals surface area contributed by atoms with Crippen molar-refractivity contribution in [1.29, 1.82) is 5.41 Å². The number of anilines is 1. The van der Waals surface area contributed by atoms with Gasteiger partial charge in [-0.25, -0.2) is 4.79 Å². The van der Waals surface area contributed by atoms with E-state index in [1.165, 1.54) is 0 Å². The fourth-order valence-corrected chi connectivity index (χ4v) is 2.88. The summed E-state index contributed by atoms with van der Waals surface area (Å²) in [5.41, 5.74) is 6.89. The summed E-state index contributed by atoms with van der Waals surface area (Å²) in [5, 5.41) is 29.5. The quantitative estimate of drug-likeness (QED) is 0.185. The average Bonchev–Trinajstić information content (AvgIpc) is 2.74. The van der Waals surface area contributed by atoms with Gasteiger partial charge in [-0.2, -0.15) is 0 Å². The van der Waals surface area contributed by atoms with Gasteiger partial charge in [-0.05, 0) is 44.2 Å². The van der Waals surface area contributed by atoms with Crippen LogP contribution < -0.4 is 25.3 Å². The number of hydrogen-bond acceptors (Lipinski definition) is 7. The van der Waals surface area contributed by atoms with Crippen LogP contribution in [0, 0.1) is 5.41 Å². The fraction of sp³-hybridized carbons (Fsp3) is 0.364. The molecular formula is C22H29N3O6. The molecule has 0 fully saturated rings. The van der Waals surface area contributed by atoms with Crippen molar-refractivity contribution in [1.82, 2.24) is 0 Å². The summed E-state index contributed by atoms with van der Waals surface area (Å²) in [7, 11) is 0. The number of aliphatic hydroxyl groups is 1. The lowest BCUT2D eigenvalue weighted by Gasteiger charge is -2.22. The lowest BCUT2D eigenvalue weighted by Crippen LogP contribution is -2.22. The van der Waals surface area contributed by atoms with Crippen molar-refractivity contribution in [3.05, 3.63) is 47.5 Å². The van der Waals surface area contributed by atoms with Gasteiger partial charge in [0.1, 0.15) is 11.6 Å². The zero-order valence-electron chi connectivity index (χ0n) is 17.7. The highest BCUT2D eigenvalue weighted by atomic mass is 16.5. The Hall–Kier alpha value is -3.46. The smallest absolute Gasteiger partial charge is 0.330 e. The molecular weight excluding hydrogens is 402 g/mol. The Kier molecular flexibility index (Phi) is 8.95. The average molecular weight is 431 g/mol. The third-order valence-electron chi connectivity index (χ3n) is 4.30. The normalized spacial score (nSPS) is 11.5. The molecule has 0 aliphatic carbocycles. The van der Waals surface area contributed by atoms with Crippen LogP contribution in [0.1, 0.15) is 37.4 Å². The van der Waals surface area contributed by atoms with Crippen molar-refractivity contribution < 1.29 is 29.2 Å². The molecule has 1 unspecified atom stereocenters. The lowest BCUT2D eigenvalue weighted by molar-refractivity contribution is -0.138. The molecule has 0 aliphatic rings. The van der Waals surface area contributed by atoms with Crippen LogP contribution in [0.25, 0.3) is 0 Å². The molecule has 1 atom stereocenters. The largest absolute Gasteiger partial charge is 0.493 e. The molecule has 0 aliphatic heterocycles. The van der Waals surface area contributed by atoms with Gasteiger partial charge in [0.25, 0.3) is 0 Å². The van der Waals surface area contributed by atoms with Gasteiger partial charge < -0.3 is 35.5 Å². The third kappa shape index (κ3) is 6.51. The number of carboxylic acid groups (broad SMARTS) is 1. The topological polar surface area (TPSA) is 147 Å². The molecule has 168 valence electrons. The number of ether oxygens (including phenoxy) is 3. The van der Waals surface area contributed by atoms with Crippen molar-refractivity contribution in [2.24, 2.45) is 5.73 Å². The third-order valence-corrected chi connectivity index (χ3v) is 4.30. The SMILES string of the molecule is CCOc1cc(OCCCO)c(C(Nc2ccc(C(=N)N)cc2)C(=O)O)cc1OCC. The molecule has 0 saturated heterocycles. The van der Waals surface area contributed by atoms with Gasteiger partial charge in [0.2, 0.25) is 0 Å². The van der Waals surface area contributed by atoms with Crippen LogP contribution in [0.15, 0.2) is 36.4 Å². The van der Waals surface area contributed by atoms with Crippen LogP contribution in [0.2, 0.25) is 0 Å². The van der Waals surface area contributed by atoms with Gasteiger partial charge in [-0.3, -0.25) is 5.41 Å². The molecule has 2 aromatic rings. The minimum Gasteiger partial charge on any atom is -0.493 e. The van der Waals surface area contributed by atoms with Gasteiger partial charge in [0.15, 0.2) is 17.5 Å². The van der Waals surface area contributed by atoms with E-state index in [0.29, 0.717) is 53.7 Å². The number of aliphatic hydroxyl groups excluding tert-OH is 1. The first-order valence-corrected chi connectivity index (χ1v) is 10.0. The first-order chi connectivity index (χ1) is 14.9. The van der Waals surface area contributed by atoms with Crippen LogP contribution in [0.4, 0.5) is 5.69 Å². The summed E-state index contributed by atoms with van der Waals surface area (Å²) in [6.07, 6.45) is 0.397. The highest BCUT2D eigenvalue weighted by Gasteiger charge is 2.26. The highest BCUT2D eigenvalue weighted by Crippen LogP contribution is 2.39. The number of hydrogen-bond donors (Lipinski definition) is 5. The lowest BCUT2D eigenvalue weighted by atomic mass is 10.0. The Labute approximate surface area is 181 Å².